The van der Waals surface area contributed by atoms with Gasteiger partial charge in [0, 0.05) is 19.2 Å². The number of hydrogen-bond donors (Lipinski definition) is 1. The van der Waals surface area contributed by atoms with Crippen LogP contribution in [-0.4, -0.2) is 37.0 Å². The molecule has 0 amide bonds. The Kier molecular flexibility index (Phi) is 5.22. The maximum Gasteiger partial charge on any atom is 0.0671 e. The van der Waals surface area contributed by atoms with Gasteiger partial charge in [0.05, 0.1) is 17.8 Å². The molecule has 1 unspecified atom stereocenters. The zero-order chi connectivity index (χ0) is 12.2. The van der Waals surface area contributed by atoms with Gasteiger partial charge in [0.2, 0.25) is 0 Å². The van der Waals surface area contributed by atoms with Gasteiger partial charge in [-0.3, -0.25) is 0 Å². The van der Waals surface area contributed by atoms with Crippen LogP contribution in [0.15, 0.2) is 0 Å². The van der Waals surface area contributed by atoms with Crippen LogP contribution in [0.5, 0.6) is 0 Å². The van der Waals surface area contributed by atoms with E-state index in [1.54, 1.807) is 0 Å². The van der Waals surface area contributed by atoms with Gasteiger partial charge in [-0.25, -0.2) is 0 Å². The topological polar surface area (TPSA) is 30.5 Å². The molecule has 0 saturated heterocycles. The molecule has 1 rings (SSSR count). The Labute approximate surface area is 99.9 Å². The monoisotopic (exact) mass is 229 g/mol. The number of nitrogens with one attached hydrogen (secondary N) is 1. The van der Waals surface area contributed by atoms with Crippen LogP contribution < -0.4 is 5.32 Å². The molecule has 1 fully saturated rings. The summed E-state index contributed by atoms with van der Waals surface area (Å²) in [5.41, 5.74) is -0.00570. The van der Waals surface area contributed by atoms with Crippen molar-refractivity contribution in [2.45, 2.75) is 71.3 Å². The van der Waals surface area contributed by atoms with Gasteiger partial charge in [-0.15, -0.1) is 0 Å². The van der Waals surface area contributed by atoms with E-state index in [1.807, 2.05) is 6.92 Å². The SMILES string of the molecule is CCOC(C)CNC1CC(OC(C)(C)C)C1. The van der Waals surface area contributed by atoms with E-state index in [-0.39, 0.29) is 5.60 Å². The molecular formula is C13H27NO2. The molecule has 0 spiro atoms. The first-order chi connectivity index (χ1) is 7.40. The minimum absolute atomic E-state index is 0.00570. The van der Waals surface area contributed by atoms with Gasteiger partial charge in [0.15, 0.2) is 0 Å². The highest BCUT2D eigenvalue weighted by Gasteiger charge is 2.32. The lowest BCUT2D eigenvalue weighted by molar-refractivity contribution is -0.103. The molecule has 1 saturated carbocycles. The molecule has 0 aliphatic heterocycles. The molecule has 0 radical (unpaired) electrons. The minimum Gasteiger partial charge on any atom is -0.377 e. The van der Waals surface area contributed by atoms with Crippen molar-refractivity contribution in [1.82, 2.24) is 5.32 Å². The summed E-state index contributed by atoms with van der Waals surface area (Å²) in [7, 11) is 0. The second-order valence-corrected chi connectivity index (χ2v) is 5.69. The average Bonchev–Trinajstić information content (AvgIpc) is 2.07. The maximum atomic E-state index is 5.89. The molecule has 16 heavy (non-hydrogen) atoms. The van der Waals surface area contributed by atoms with E-state index in [4.69, 9.17) is 9.47 Å². The Morgan fingerprint density at radius 2 is 1.94 bits per heavy atom. The van der Waals surface area contributed by atoms with E-state index in [0.29, 0.717) is 18.2 Å². The smallest absolute Gasteiger partial charge is 0.0671 e. The Morgan fingerprint density at radius 1 is 1.31 bits per heavy atom. The number of hydrogen-bond acceptors (Lipinski definition) is 3. The maximum absolute atomic E-state index is 5.89. The van der Waals surface area contributed by atoms with Gasteiger partial charge in [0.25, 0.3) is 0 Å². The zero-order valence-electron chi connectivity index (χ0n) is 11.4. The van der Waals surface area contributed by atoms with Crippen LogP contribution in [0.4, 0.5) is 0 Å². The van der Waals surface area contributed by atoms with E-state index in [2.05, 4.69) is 33.0 Å². The summed E-state index contributed by atoms with van der Waals surface area (Å²) in [6, 6.07) is 0.621. The fourth-order valence-electron chi connectivity index (χ4n) is 2.00. The van der Waals surface area contributed by atoms with Crippen LogP contribution in [-0.2, 0) is 9.47 Å². The van der Waals surface area contributed by atoms with Crippen molar-refractivity contribution in [2.75, 3.05) is 13.2 Å². The molecular weight excluding hydrogens is 202 g/mol. The van der Waals surface area contributed by atoms with E-state index in [9.17, 15) is 0 Å². The van der Waals surface area contributed by atoms with Gasteiger partial charge in [-0.1, -0.05) is 0 Å². The van der Waals surface area contributed by atoms with Crippen molar-refractivity contribution in [2.24, 2.45) is 0 Å². The highest BCUT2D eigenvalue weighted by atomic mass is 16.5. The van der Waals surface area contributed by atoms with Gasteiger partial charge < -0.3 is 14.8 Å². The number of ether oxygens (including phenoxy) is 2. The van der Waals surface area contributed by atoms with Crippen LogP contribution in [0, 0.1) is 0 Å². The van der Waals surface area contributed by atoms with E-state index >= 15 is 0 Å². The highest BCUT2D eigenvalue weighted by Crippen LogP contribution is 2.27. The first kappa shape index (κ1) is 13.9. The summed E-state index contributed by atoms with van der Waals surface area (Å²) in [6.45, 7) is 12.2. The van der Waals surface area contributed by atoms with Crippen molar-refractivity contribution in [1.29, 1.82) is 0 Å². The Bertz CT molecular complexity index is 195. The second kappa shape index (κ2) is 5.99. The second-order valence-electron chi connectivity index (χ2n) is 5.69. The van der Waals surface area contributed by atoms with Crippen molar-refractivity contribution >= 4 is 0 Å². The lowest BCUT2D eigenvalue weighted by Gasteiger charge is -2.40. The largest absolute Gasteiger partial charge is 0.377 e. The van der Waals surface area contributed by atoms with Crippen LogP contribution >= 0.6 is 0 Å². The predicted octanol–water partition coefficient (Wildman–Crippen LogP) is 2.35. The van der Waals surface area contributed by atoms with E-state index < -0.39 is 0 Å². The quantitative estimate of drug-likeness (QED) is 0.758. The molecule has 0 aromatic heterocycles. The van der Waals surface area contributed by atoms with Crippen molar-refractivity contribution in [3.05, 3.63) is 0 Å². The first-order valence-electron chi connectivity index (χ1n) is 6.43. The molecule has 96 valence electrons. The molecule has 3 nitrogen and oxygen atoms in total. The van der Waals surface area contributed by atoms with Crippen LogP contribution in [0.1, 0.15) is 47.5 Å². The number of rotatable bonds is 6. The average molecular weight is 229 g/mol. The zero-order valence-corrected chi connectivity index (χ0v) is 11.4. The molecule has 1 aliphatic carbocycles. The molecule has 0 bridgehead atoms. The molecule has 1 N–H and O–H groups in total. The van der Waals surface area contributed by atoms with E-state index in [0.717, 1.165) is 26.0 Å². The molecule has 0 aromatic rings. The standard InChI is InChI=1S/C13H27NO2/c1-6-15-10(2)9-14-11-7-12(8-11)16-13(3,4)5/h10-12,14H,6-9H2,1-5H3. The summed E-state index contributed by atoms with van der Waals surface area (Å²) in [6.07, 6.45) is 3.03. The van der Waals surface area contributed by atoms with Crippen LogP contribution in [0.25, 0.3) is 0 Å². The third-order valence-electron chi connectivity index (χ3n) is 2.76. The van der Waals surface area contributed by atoms with Crippen molar-refractivity contribution in [3.8, 4) is 0 Å². The third kappa shape index (κ3) is 5.28. The van der Waals surface area contributed by atoms with Crippen molar-refractivity contribution in [3.63, 3.8) is 0 Å². The lowest BCUT2D eigenvalue weighted by atomic mass is 9.88. The molecule has 0 aromatic carbocycles. The summed E-state index contributed by atoms with van der Waals surface area (Å²) in [5.74, 6) is 0. The Balaban J connectivity index is 2.04. The van der Waals surface area contributed by atoms with E-state index in [1.165, 1.54) is 0 Å². The molecule has 1 atom stereocenters. The Hall–Kier alpha value is -0.120. The third-order valence-corrected chi connectivity index (χ3v) is 2.76. The van der Waals surface area contributed by atoms with Crippen LogP contribution in [0.3, 0.4) is 0 Å². The Morgan fingerprint density at radius 3 is 2.44 bits per heavy atom. The lowest BCUT2D eigenvalue weighted by Crippen LogP contribution is -2.49. The molecule has 3 heteroatoms. The summed E-state index contributed by atoms with van der Waals surface area (Å²) in [5, 5.41) is 3.51. The van der Waals surface area contributed by atoms with Gasteiger partial charge in [0.1, 0.15) is 0 Å². The minimum atomic E-state index is -0.00570. The molecule has 1 aliphatic rings. The van der Waals surface area contributed by atoms with Gasteiger partial charge >= 0.3 is 0 Å². The van der Waals surface area contributed by atoms with Gasteiger partial charge in [-0.05, 0) is 47.5 Å². The molecule has 0 heterocycles. The summed E-state index contributed by atoms with van der Waals surface area (Å²) in [4.78, 5) is 0. The first-order valence-corrected chi connectivity index (χ1v) is 6.43. The highest BCUT2D eigenvalue weighted by molar-refractivity contribution is 4.87. The predicted molar refractivity (Wildman–Crippen MR) is 66.7 cm³/mol. The fraction of sp³-hybridized carbons (Fsp3) is 1.00. The summed E-state index contributed by atoms with van der Waals surface area (Å²) >= 11 is 0. The van der Waals surface area contributed by atoms with Crippen molar-refractivity contribution < 1.29 is 9.47 Å². The van der Waals surface area contributed by atoms with Gasteiger partial charge in [-0.2, -0.15) is 0 Å². The fourth-order valence-corrected chi connectivity index (χ4v) is 2.00. The normalized spacial score (nSPS) is 27.6. The summed E-state index contributed by atoms with van der Waals surface area (Å²) < 4.78 is 11.4. The van der Waals surface area contributed by atoms with Crippen LogP contribution in [0.2, 0.25) is 0 Å².